The van der Waals surface area contributed by atoms with Gasteiger partial charge >= 0.3 is 0 Å². The average Bonchev–Trinajstić information content (AvgIpc) is 3.24. The molecule has 1 aromatic carbocycles. The minimum absolute atomic E-state index is 0. The van der Waals surface area contributed by atoms with Crippen molar-refractivity contribution in [1.29, 1.82) is 0 Å². The molecule has 0 radical (unpaired) electrons. The van der Waals surface area contributed by atoms with Crippen molar-refractivity contribution in [2.75, 3.05) is 20.1 Å². The number of piperidine rings is 1. The third-order valence-corrected chi connectivity index (χ3v) is 5.67. The Morgan fingerprint density at radius 2 is 1.92 bits per heavy atom. The zero-order valence-electron chi connectivity index (χ0n) is 15.5. The van der Waals surface area contributed by atoms with Gasteiger partial charge in [0.15, 0.2) is 5.69 Å². The highest BCUT2D eigenvalue weighted by Gasteiger charge is 2.31. The van der Waals surface area contributed by atoms with E-state index in [0.29, 0.717) is 11.7 Å². The maximum absolute atomic E-state index is 13.1. The number of hydrogen-bond donors (Lipinski definition) is 1. The third-order valence-electron chi connectivity index (χ3n) is 5.67. The number of carbonyl (C=O) groups is 1. The first kappa shape index (κ1) is 18.9. The summed E-state index contributed by atoms with van der Waals surface area (Å²) >= 11 is 0. The fraction of sp³-hybridized carbons (Fsp3) is 0.500. The lowest BCUT2D eigenvalue weighted by molar-refractivity contribution is 0.0700. The number of rotatable bonds is 3. The Hall–Kier alpha value is -1.85. The van der Waals surface area contributed by atoms with Crippen molar-refractivity contribution >= 4 is 18.3 Å². The summed E-state index contributed by atoms with van der Waals surface area (Å²) in [6.07, 6.45) is 5.12. The Morgan fingerprint density at radius 3 is 2.62 bits per heavy atom. The molecule has 1 amide bonds. The molecule has 1 fully saturated rings. The summed E-state index contributed by atoms with van der Waals surface area (Å²) < 4.78 is 2.02. The molecule has 0 spiro atoms. The van der Waals surface area contributed by atoms with Crippen LogP contribution in [-0.2, 0) is 12.8 Å². The number of halogens is 1. The lowest BCUT2D eigenvalue weighted by Gasteiger charge is -2.31. The Labute approximate surface area is 161 Å². The molecule has 5 nitrogen and oxygen atoms in total. The number of fused-ring (bicyclic) bond motifs is 1. The predicted molar refractivity (Wildman–Crippen MR) is 106 cm³/mol. The molecule has 1 saturated heterocycles. The van der Waals surface area contributed by atoms with Crippen molar-refractivity contribution in [3.8, 4) is 5.69 Å². The van der Waals surface area contributed by atoms with E-state index in [-0.39, 0.29) is 18.3 Å². The van der Waals surface area contributed by atoms with Gasteiger partial charge < -0.3 is 10.2 Å². The molecular weight excluding hydrogens is 348 g/mol. The van der Waals surface area contributed by atoms with Crippen LogP contribution in [0.1, 0.15) is 46.6 Å². The van der Waals surface area contributed by atoms with Crippen LogP contribution in [0.25, 0.3) is 5.69 Å². The first-order valence-electron chi connectivity index (χ1n) is 9.32. The van der Waals surface area contributed by atoms with E-state index in [0.717, 1.165) is 50.9 Å². The lowest BCUT2D eigenvalue weighted by Crippen LogP contribution is -2.44. The van der Waals surface area contributed by atoms with Gasteiger partial charge in [-0.1, -0.05) is 18.2 Å². The van der Waals surface area contributed by atoms with Crippen LogP contribution >= 0.6 is 12.4 Å². The minimum Gasteiger partial charge on any atom is -0.337 e. The van der Waals surface area contributed by atoms with Gasteiger partial charge in [0, 0.05) is 30.4 Å². The van der Waals surface area contributed by atoms with E-state index in [4.69, 9.17) is 5.10 Å². The highest BCUT2D eigenvalue weighted by molar-refractivity contribution is 5.94. The number of benzene rings is 1. The molecule has 4 rings (SSSR count). The highest BCUT2D eigenvalue weighted by atomic mass is 35.5. The van der Waals surface area contributed by atoms with Crippen molar-refractivity contribution in [1.82, 2.24) is 20.0 Å². The van der Waals surface area contributed by atoms with Crippen LogP contribution in [-0.4, -0.2) is 46.8 Å². The summed E-state index contributed by atoms with van der Waals surface area (Å²) in [7, 11) is 2.00. The second-order valence-electron chi connectivity index (χ2n) is 7.18. The number of nitrogens with one attached hydrogen (secondary N) is 1. The molecule has 140 valence electrons. The number of amides is 1. The molecule has 6 heteroatoms. The van der Waals surface area contributed by atoms with E-state index in [1.807, 2.05) is 28.8 Å². The molecule has 0 unspecified atom stereocenters. The Morgan fingerprint density at radius 1 is 1.19 bits per heavy atom. The van der Waals surface area contributed by atoms with Crippen molar-refractivity contribution in [2.45, 2.75) is 45.1 Å². The first-order chi connectivity index (χ1) is 12.2. The summed E-state index contributed by atoms with van der Waals surface area (Å²) in [6.45, 7) is 3.73. The summed E-state index contributed by atoms with van der Waals surface area (Å²) in [6, 6.07) is 8.80. The quantitative estimate of drug-likeness (QED) is 0.898. The molecule has 1 aromatic heterocycles. The molecule has 0 atom stereocenters. The summed E-state index contributed by atoms with van der Waals surface area (Å²) in [4.78, 5) is 15.1. The second-order valence-corrected chi connectivity index (χ2v) is 7.18. The van der Waals surface area contributed by atoms with Crippen LogP contribution in [0.2, 0.25) is 0 Å². The maximum Gasteiger partial charge on any atom is 0.274 e. The summed E-state index contributed by atoms with van der Waals surface area (Å²) in [5.41, 5.74) is 5.35. The van der Waals surface area contributed by atoms with E-state index in [1.165, 1.54) is 16.8 Å². The molecule has 26 heavy (non-hydrogen) atoms. The van der Waals surface area contributed by atoms with Gasteiger partial charge in [0.05, 0.1) is 5.69 Å². The predicted octanol–water partition coefficient (Wildman–Crippen LogP) is 2.92. The number of aryl methyl sites for hydroxylation is 1. The Kier molecular flexibility index (Phi) is 5.68. The molecule has 1 aliphatic carbocycles. The molecule has 2 aliphatic rings. The number of hydrogen-bond acceptors (Lipinski definition) is 3. The summed E-state index contributed by atoms with van der Waals surface area (Å²) in [5, 5.41) is 8.11. The van der Waals surface area contributed by atoms with E-state index in [9.17, 15) is 4.79 Å². The number of carbonyl (C=O) groups excluding carboxylic acids is 1. The zero-order valence-corrected chi connectivity index (χ0v) is 16.3. The smallest absolute Gasteiger partial charge is 0.274 e. The molecule has 1 aliphatic heterocycles. The molecule has 0 bridgehead atoms. The van der Waals surface area contributed by atoms with Gasteiger partial charge in [-0.3, -0.25) is 4.79 Å². The normalized spacial score (nSPS) is 17.1. The van der Waals surface area contributed by atoms with Gasteiger partial charge in [-0.25, -0.2) is 4.68 Å². The van der Waals surface area contributed by atoms with Crippen LogP contribution in [0, 0.1) is 6.92 Å². The molecular formula is C20H27ClN4O. The Bertz CT molecular complexity index is 793. The van der Waals surface area contributed by atoms with Gasteiger partial charge in [0.2, 0.25) is 0 Å². The molecule has 0 saturated carbocycles. The van der Waals surface area contributed by atoms with Gasteiger partial charge in [0.1, 0.15) is 0 Å². The first-order valence-corrected chi connectivity index (χ1v) is 9.32. The fourth-order valence-electron chi connectivity index (χ4n) is 4.13. The van der Waals surface area contributed by atoms with Gasteiger partial charge in [-0.2, -0.15) is 5.10 Å². The minimum atomic E-state index is 0. The number of aromatic nitrogens is 2. The van der Waals surface area contributed by atoms with E-state index >= 15 is 0 Å². The topological polar surface area (TPSA) is 50.2 Å². The van der Waals surface area contributed by atoms with Gasteiger partial charge in [-0.15, -0.1) is 12.4 Å². The monoisotopic (exact) mass is 374 g/mol. The van der Waals surface area contributed by atoms with Gasteiger partial charge in [0.25, 0.3) is 5.91 Å². The Balaban J connectivity index is 0.00000196. The maximum atomic E-state index is 13.1. The molecule has 2 aromatic rings. The lowest BCUT2D eigenvalue weighted by atomic mass is 10.0. The van der Waals surface area contributed by atoms with Crippen LogP contribution in [0.5, 0.6) is 0 Å². The number of nitrogens with zero attached hydrogens (tertiary/aromatic N) is 3. The van der Waals surface area contributed by atoms with Crippen LogP contribution < -0.4 is 5.32 Å². The van der Waals surface area contributed by atoms with Crippen molar-refractivity contribution in [2.24, 2.45) is 0 Å². The zero-order chi connectivity index (χ0) is 17.4. The largest absolute Gasteiger partial charge is 0.337 e. The summed E-state index contributed by atoms with van der Waals surface area (Å²) in [5.74, 6) is 0.111. The molecule has 1 N–H and O–H groups in total. The average molecular weight is 375 g/mol. The van der Waals surface area contributed by atoms with Crippen molar-refractivity contribution < 1.29 is 4.79 Å². The van der Waals surface area contributed by atoms with Crippen molar-refractivity contribution in [3.05, 3.63) is 46.8 Å². The van der Waals surface area contributed by atoms with Crippen molar-refractivity contribution in [3.63, 3.8) is 0 Å². The van der Waals surface area contributed by atoms with Crippen LogP contribution in [0.4, 0.5) is 0 Å². The SMILES string of the molecule is CNC1CCN(C(=O)c2nn(-c3ccccc3C)c3c2CCC3)CC1.Cl. The van der Waals surface area contributed by atoms with Crippen LogP contribution in [0.15, 0.2) is 24.3 Å². The fourth-order valence-corrected chi connectivity index (χ4v) is 4.13. The van der Waals surface area contributed by atoms with Gasteiger partial charge in [-0.05, 0) is 57.7 Å². The third kappa shape index (κ3) is 3.26. The van der Waals surface area contributed by atoms with Crippen LogP contribution in [0.3, 0.4) is 0 Å². The highest BCUT2D eigenvalue weighted by Crippen LogP contribution is 2.30. The number of likely N-dealkylation sites (tertiary alicyclic amines) is 1. The second kappa shape index (κ2) is 7.80. The van der Waals surface area contributed by atoms with E-state index in [2.05, 4.69) is 24.4 Å². The molecule has 2 heterocycles. The number of para-hydroxylation sites is 1. The van der Waals surface area contributed by atoms with E-state index < -0.39 is 0 Å². The van der Waals surface area contributed by atoms with E-state index in [1.54, 1.807) is 0 Å². The standard InChI is InChI=1S/C20H26N4O.ClH/c1-14-6-3-4-8-17(14)24-18-9-5-7-16(18)19(22-24)20(25)23-12-10-15(21-2)11-13-23;/h3-4,6,8,15,21H,5,7,9-13H2,1-2H3;1H.